The summed E-state index contributed by atoms with van der Waals surface area (Å²) in [6, 6.07) is 21.2. The minimum atomic E-state index is 0.509. The molecule has 3 heteroatoms. The van der Waals surface area contributed by atoms with Crippen molar-refractivity contribution in [2.45, 2.75) is 38.1 Å². The van der Waals surface area contributed by atoms with E-state index in [1.54, 1.807) is 0 Å². The molecule has 0 atom stereocenters. The third-order valence-corrected chi connectivity index (χ3v) is 4.96. The average Bonchev–Trinajstić information content (AvgIpc) is 2.93. The van der Waals surface area contributed by atoms with Gasteiger partial charge in [0.1, 0.15) is 0 Å². The summed E-state index contributed by atoms with van der Waals surface area (Å²) in [7, 11) is 0. The van der Waals surface area contributed by atoms with Crippen LogP contribution in [0.3, 0.4) is 0 Å². The number of nitrogens with zero attached hydrogens (tertiary/aromatic N) is 3. The van der Waals surface area contributed by atoms with Crippen LogP contribution < -0.4 is 0 Å². The van der Waals surface area contributed by atoms with E-state index in [2.05, 4.69) is 63.8 Å². The van der Waals surface area contributed by atoms with Gasteiger partial charge in [0.2, 0.25) is 0 Å². The third-order valence-electron chi connectivity index (χ3n) is 4.96. The molecule has 0 radical (unpaired) electrons. The Labute approximate surface area is 149 Å². The zero-order chi connectivity index (χ0) is 16.9. The van der Waals surface area contributed by atoms with Crippen molar-refractivity contribution in [3.05, 3.63) is 84.1 Å². The number of amidine groups is 1. The van der Waals surface area contributed by atoms with Crippen LogP contribution in [-0.4, -0.2) is 22.5 Å². The van der Waals surface area contributed by atoms with Crippen molar-refractivity contribution in [1.82, 2.24) is 4.90 Å². The van der Waals surface area contributed by atoms with Crippen molar-refractivity contribution in [2.75, 3.05) is 0 Å². The topological polar surface area (TPSA) is 28.0 Å². The lowest BCUT2D eigenvalue weighted by Gasteiger charge is -2.33. The van der Waals surface area contributed by atoms with E-state index < -0.39 is 0 Å². The lowest BCUT2D eigenvalue weighted by Crippen LogP contribution is -2.37. The van der Waals surface area contributed by atoms with Crippen LogP contribution in [0.15, 0.2) is 83.1 Å². The summed E-state index contributed by atoms with van der Waals surface area (Å²) < 4.78 is 0. The number of hydrogen-bond donors (Lipinski definition) is 0. The molecule has 2 aromatic carbocycles. The van der Waals surface area contributed by atoms with Crippen molar-refractivity contribution in [1.29, 1.82) is 0 Å². The zero-order valence-corrected chi connectivity index (χ0v) is 14.4. The van der Waals surface area contributed by atoms with Gasteiger partial charge in [0.15, 0.2) is 5.84 Å². The van der Waals surface area contributed by atoms with Crippen molar-refractivity contribution < 1.29 is 0 Å². The maximum atomic E-state index is 4.68. The van der Waals surface area contributed by atoms with Gasteiger partial charge in [0.05, 0.1) is 5.71 Å². The van der Waals surface area contributed by atoms with Crippen LogP contribution in [-0.2, 0) is 0 Å². The highest BCUT2D eigenvalue weighted by Gasteiger charge is 2.24. The predicted octanol–water partition coefficient (Wildman–Crippen LogP) is 5.00. The standard InChI is InChI=1S/C22H23N3/c1-4-10-18(11-5-1)21-16-17-25(20-14-8-3-9-15-20)22(24-23-21)19-12-6-2-7-13-19/h1-2,4-7,10-13,16-17,20H,3,8-9,14-15H2. The maximum absolute atomic E-state index is 4.68. The molecule has 0 spiro atoms. The Bertz CT molecular complexity index is 785. The van der Waals surface area contributed by atoms with Crippen LogP contribution in [0.1, 0.15) is 43.2 Å². The van der Waals surface area contributed by atoms with E-state index in [1.807, 2.05) is 24.3 Å². The van der Waals surface area contributed by atoms with Crippen LogP contribution >= 0.6 is 0 Å². The molecule has 1 aliphatic carbocycles. The highest BCUT2D eigenvalue weighted by molar-refractivity contribution is 6.10. The number of benzene rings is 2. The fraction of sp³-hybridized carbons (Fsp3) is 0.273. The highest BCUT2D eigenvalue weighted by atomic mass is 15.3. The molecule has 1 fully saturated rings. The summed E-state index contributed by atoms with van der Waals surface area (Å²) in [4.78, 5) is 2.34. The van der Waals surface area contributed by atoms with Gasteiger partial charge in [-0.25, -0.2) is 0 Å². The monoisotopic (exact) mass is 329 g/mol. The van der Waals surface area contributed by atoms with Gasteiger partial charge in [0, 0.05) is 23.4 Å². The van der Waals surface area contributed by atoms with Crippen molar-refractivity contribution >= 4 is 11.5 Å². The van der Waals surface area contributed by atoms with Gasteiger partial charge in [-0.05, 0) is 18.9 Å². The summed E-state index contributed by atoms with van der Waals surface area (Å²) in [6.07, 6.45) is 10.7. The SMILES string of the molecule is C1=CN(C2CCCCC2)C(c2ccccc2)=NN=C1c1ccccc1. The normalized spacial score (nSPS) is 18.5. The first kappa shape index (κ1) is 15.8. The third kappa shape index (κ3) is 3.55. The second-order valence-electron chi connectivity index (χ2n) is 6.66. The summed E-state index contributed by atoms with van der Waals surface area (Å²) in [5.41, 5.74) is 3.13. The van der Waals surface area contributed by atoms with Gasteiger partial charge in [0.25, 0.3) is 0 Å². The van der Waals surface area contributed by atoms with E-state index >= 15 is 0 Å². The Morgan fingerprint density at radius 2 is 1.36 bits per heavy atom. The van der Waals surface area contributed by atoms with E-state index in [4.69, 9.17) is 0 Å². The van der Waals surface area contributed by atoms with Gasteiger partial charge in [-0.15, -0.1) is 10.2 Å². The van der Waals surface area contributed by atoms with Gasteiger partial charge < -0.3 is 4.90 Å². The lowest BCUT2D eigenvalue weighted by atomic mass is 9.93. The van der Waals surface area contributed by atoms with E-state index in [9.17, 15) is 0 Å². The quantitative estimate of drug-likeness (QED) is 0.779. The molecule has 1 saturated carbocycles. The molecule has 2 aliphatic rings. The zero-order valence-electron chi connectivity index (χ0n) is 14.4. The van der Waals surface area contributed by atoms with Crippen LogP contribution in [0, 0.1) is 0 Å². The molecule has 1 aliphatic heterocycles. The van der Waals surface area contributed by atoms with E-state index in [0.717, 1.165) is 22.7 Å². The molecule has 0 bridgehead atoms. The number of hydrogen-bond acceptors (Lipinski definition) is 3. The molecule has 0 N–H and O–H groups in total. The Morgan fingerprint density at radius 3 is 2.04 bits per heavy atom. The summed E-state index contributed by atoms with van der Waals surface area (Å²) in [5, 5.41) is 9.25. The minimum absolute atomic E-state index is 0.509. The summed E-state index contributed by atoms with van der Waals surface area (Å²) in [6.45, 7) is 0. The first-order chi connectivity index (χ1) is 12.4. The van der Waals surface area contributed by atoms with Gasteiger partial charge in [-0.1, -0.05) is 79.9 Å². The molecule has 25 heavy (non-hydrogen) atoms. The summed E-state index contributed by atoms with van der Waals surface area (Å²) >= 11 is 0. The van der Waals surface area contributed by atoms with Crippen LogP contribution in [0.25, 0.3) is 0 Å². The number of rotatable bonds is 3. The second kappa shape index (κ2) is 7.47. The van der Waals surface area contributed by atoms with Crippen LogP contribution in [0.4, 0.5) is 0 Å². The van der Waals surface area contributed by atoms with E-state index in [-0.39, 0.29) is 0 Å². The van der Waals surface area contributed by atoms with E-state index in [0.29, 0.717) is 6.04 Å². The van der Waals surface area contributed by atoms with E-state index in [1.165, 1.54) is 32.1 Å². The minimum Gasteiger partial charge on any atom is -0.328 e. The molecular formula is C22H23N3. The second-order valence-corrected chi connectivity index (χ2v) is 6.66. The highest BCUT2D eigenvalue weighted by Crippen LogP contribution is 2.26. The Kier molecular flexibility index (Phi) is 4.73. The fourth-order valence-electron chi connectivity index (χ4n) is 3.62. The van der Waals surface area contributed by atoms with Crippen molar-refractivity contribution in [3.8, 4) is 0 Å². The molecule has 2 aromatic rings. The Morgan fingerprint density at radius 1 is 0.720 bits per heavy atom. The van der Waals surface area contributed by atoms with Gasteiger partial charge in [-0.2, -0.15) is 0 Å². The Balaban J connectivity index is 1.73. The Hall–Kier alpha value is -2.68. The fourth-order valence-corrected chi connectivity index (χ4v) is 3.62. The number of allylic oxidation sites excluding steroid dienone is 1. The average molecular weight is 329 g/mol. The molecule has 0 saturated heterocycles. The molecule has 0 unspecified atom stereocenters. The first-order valence-corrected chi connectivity index (χ1v) is 9.15. The lowest BCUT2D eigenvalue weighted by molar-refractivity contribution is 0.300. The molecule has 0 aromatic heterocycles. The molecule has 126 valence electrons. The van der Waals surface area contributed by atoms with Crippen LogP contribution in [0.5, 0.6) is 0 Å². The first-order valence-electron chi connectivity index (χ1n) is 9.15. The molecule has 1 heterocycles. The molecule has 4 rings (SSSR count). The summed E-state index contributed by atoms with van der Waals surface area (Å²) in [5.74, 6) is 0.953. The molecular weight excluding hydrogens is 306 g/mol. The smallest absolute Gasteiger partial charge is 0.162 e. The van der Waals surface area contributed by atoms with Gasteiger partial charge >= 0.3 is 0 Å². The van der Waals surface area contributed by atoms with Crippen molar-refractivity contribution in [2.24, 2.45) is 10.2 Å². The molecule has 3 nitrogen and oxygen atoms in total. The largest absolute Gasteiger partial charge is 0.328 e. The van der Waals surface area contributed by atoms with Crippen molar-refractivity contribution in [3.63, 3.8) is 0 Å². The van der Waals surface area contributed by atoms with Gasteiger partial charge in [-0.3, -0.25) is 0 Å². The predicted molar refractivity (Wildman–Crippen MR) is 104 cm³/mol. The molecule has 0 amide bonds. The maximum Gasteiger partial charge on any atom is 0.162 e. The van der Waals surface area contributed by atoms with Crippen LogP contribution in [0.2, 0.25) is 0 Å².